The van der Waals surface area contributed by atoms with Gasteiger partial charge < -0.3 is 41.3 Å². The third-order valence-corrected chi connectivity index (χ3v) is 16.3. The van der Waals surface area contributed by atoms with Crippen LogP contribution in [0.3, 0.4) is 0 Å². The quantitative estimate of drug-likeness (QED) is 0.117. The second-order valence-corrected chi connectivity index (χ2v) is 21.6. The summed E-state index contributed by atoms with van der Waals surface area (Å²) in [5.74, 6) is 3.40. The molecule has 6 atom stereocenters. The number of nitrogens with two attached hydrogens (primary N) is 1. The third-order valence-electron chi connectivity index (χ3n) is 16.3. The van der Waals surface area contributed by atoms with Crippen LogP contribution in [-0.4, -0.2) is 111 Å². The first-order valence-electron chi connectivity index (χ1n) is 26.6. The van der Waals surface area contributed by atoms with Crippen molar-refractivity contribution in [2.45, 2.75) is 161 Å². The van der Waals surface area contributed by atoms with Gasteiger partial charge in [-0.05, 0) is 169 Å². The van der Waals surface area contributed by atoms with Gasteiger partial charge in [0.05, 0.1) is 24.7 Å². The van der Waals surface area contributed by atoms with E-state index >= 15 is 0 Å². The molecule has 4 fully saturated rings. The molecule has 2 saturated heterocycles. The van der Waals surface area contributed by atoms with E-state index in [2.05, 4.69) is 108 Å². The lowest BCUT2D eigenvalue weighted by Gasteiger charge is -2.31. The number of aliphatic imine (C=N–C) groups is 1. The molecule has 3 heterocycles. The van der Waals surface area contributed by atoms with Gasteiger partial charge in [0, 0.05) is 33.0 Å². The van der Waals surface area contributed by atoms with Crippen molar-refractivity contribution in [3.63, 3.8) is 0 Å². The first-order chi connectivity index (χ1) is 34.8. The number of primary amides is 1. The molecule has 72 heavy (non-hydrogen) atoms. The molecule has 0 aromatic heterocycles. The van der Waals surface area contributed by atoms with Gasteiger partial charge in [-0.2, -0.15) is 0 Å². The second kappa shape index (κ2) is 25.9. The van der Waals surface area contributed by atoms with E-state index in [-0.39, 0.29) is 48.7 Å². The monoisotopic (exact) mass is 990 g/mol. The number of rotatable bonds is 11. The number of hydrogen-bond acceptors (Lipinski definition) is 9. The fourth-order valence-corrected chi connectivity index (χ4v) is 12.8. The molecule has 3 aliphatic heterocycles. The fourth-order valence-electron chi connectivity index (χ4n) is 12.8. The number of amides is 4. The summed E-state index contributed by atoms with van der Waals surface area (Å²) in [5, 5.41) is 17.2. The zero-order valence-corrected chi connectivity index (χ0v) is 44.3. The predicted octanol–water partition coefficient (Wildman–Crippen LogP) is 9.00. The lowest BCUT2D eigenvalue weighted by atomic mass is 9.79. The number of anilines is 1. The molecule has 3 aromatic carbocycles. The van der Waals surface area contributed by atoms with Crippen LogP contribution in [0.5, 0.6) is 0 Å². The van der Waals surface area contributed by atoms with Crippen LogP contribution >= 0.6 is 0 Å². The van der Waals surface area contributed by atoms with Crippen LogP contribution < -0.4 is 21.7 Å². The zero-order chi connectivity index (χ0) is 52.1. The minimum Gasteiger partial charge on any atom is -0.483 e. The van der Waals surface area contributed by atoms with Crippen LogP contribution in [0.1, 0.15) is 157 Å². The van der Waals surface area contributed by atoms with Gasteiger partial charge in [0.15, 0.2) is 0 Å². The van der Waals surface area contributed by atoms with E-state index in [0.29, 0.717) is 30.2 Å². The van der Waals surface area contributed by atoms with E-state index in [1.54, 1.807) is 30.2 Å². The number of ether oxygens (including phenoxy) is 1. The molecule has 392 valence electrons. The standard InChI is InChI=1S/C49H60N6O3.C5H12.C2H6O.CH3NO.CH2O2/c1-29(2)45(50-3)48(58)55-22-8-11-41(55)46-51-27-40(53-46)37-18-17-36(43-31-13-14-32(23-31)44(37)43)35-16-15-34(38-25-49(26-39(35)38)19-4-5-20-49)30-9-6-10-33(24-30)52-47(57)42-12-7-21-54(42)28-56;1-4-5(2)3;1-3-2;2*2-1-3/h6,9-10,15-18,24,28-29,31-32,40-42,45,50H,4-5,7-8,11-14,19-23,25-27H2,1-3H3,(H,51,53)(H,52,57);5H,4H2,1-3H3;1-2H3;1H,(H2,2,3);1H,(H,2,3)/t31?,32?,40?,41-,42+,45?;;;;/m1..../s1. The fraction of sp³-hybridized carbons (Fsp3) is 0.586. The summed E-state index contributed by atoms with van der Waals surface area (Å²) in [7, 11) is 5.15. The van der Waals surface area contributed by atoms with Crippen molar-refractivity contribution in [1.82, 2.24) is 20.4 Å². The van der Waals surface area contributed by atoms with Gasteiger partial charge in [-0.25, -0.2) is 0 Å². The zero-order valence-electron chi connectivity index (χ0n) is 44.3. The maximum absolute atomic E-state index is 13.7. The number of carbonyl (C=O) groups is 5. The second-order valence-electron chi connectivity index (χ2n) is 21.6. The normalized spacial score (nSPS) is 23.0. The number of hydrogen-bond donors (Lipinski definition) is 5. The minimum atomic E-state index is -0.399. The third kappa shape index (κ3) is 12.2. The Kier molecular flexibility index (Phi) is 20.0. The van der Waals surface area contributed by atoms with E-state index < -0.39 is 6.04 Å². The van der Waals surface area contributed by atoms with Crippen LogP contribution in [0.4, 0.5) is 5.69 Å². The lowest BCUT2D eigenvalue weighted by molar-refractivity contribution is -0.134. The maximum Gasteiger partial charge on any atom is 0.290 e. The summed E-state index contributed by atoms with van der Waals surface area (Å²) in [5.41, 5.74) is 18.2. The van der Waals surface area contributed by atoms with Crippen LogP contribution in [0.2, 0.25) is 0 Å². The Morgan fingerprint density at radius 2 is 1.50 bits per heavy atom. The number of benzene rings is 3. The average molecular weight is 990 g/mol. The number of carbonyl (C=O) groups excluding carboxylic acids is 4. The Balaban J connectivity index is 0.000000543. The van der Waals surface area contributed by atoms with Gasteiger partial charge in [0.2, 0.25) is 24.6 Å². The Hall–Kier alpha value is -5.60. The van der Waals surface area contributed by atoms with Crippen molar-refractivity contribution in [2.24, 2.45) is 28.0 Å². The molecular weight excluding hydrogens is 907 g/mol. The molecule has 4 aliphatic carbocycles. The van der Waals surface area contributed by atoms with Gasteiger partial charge in [-0.1, -0.05) is 90.3 Å². The molecule has 7 aliphatic rings. The smallest absolute Gasteiger partial charge is 0.290 e. The number of amidine groups is 1. The number of likely N-dealkylation sites (N-methyl/N-ethyl adjacent to an activating group) is 1. The van der Waals surface area contributed by atoms with E-state index in [4.69, 9.17) is 19.7 Å². The molecule has 4 unspecified atom stereocenters. The lowest BCUT2D eigenvalue weighted by Crippen LogP contribution is -2.53. The SMILES string of the molecule is CCC(C)C.CNC(C(=O)N1CCC[C@@H]1C1=NCC(c2ccc(-c3ccc(-c4cccc(NC(=O)[C@@H]5CCCN5C=O)c4)c4c3CC3(CCCC3)C4)c3c2C2CCC3C2)N1)C(C)C.COC.NC=O.O=CO. The number of nitrogens with zero attached hydrogens (tertiary/aromatic N) is 3. The molecular formula is C58H83N7O7. The van der Waals surface area contributed by atoms with Gasteiger partial charge in [0.1, 0.15) is 11.9 Å². The number of carboxylic acid groups (broad SMARTS) is 1. The Bertz CT molecular complexity index is 2370. The highest BCUT2D eigenvalue weighted by Crippen LogP contribution is 2.59. The van der Waals surface area contributed by atoms with E-state index in [9.17, 15) is 14.4 Å². The highest BCUT2D eigenvalue weighted by molar-refractivity contribution is 5.97. The van der Waals surface area contributed by atoms with E-state index in [1.807, 2.05) is 13.1 Å². The molecule has 2 saturated carbocycles. The summed E-state index contributed by atoms with van der Waals surface area (Å²) >= 11 is 0. The van der Waals surface area contributed by atoms with Crippen molar-refractivity contribution in [3.8, 4) is 22.3 Å². The molecule has 6 N–H and O–H groups in total. The number of methoxy groups -OCH3 is 1. The van der Waals surface area contributed by atoms with Gasteiger partial charge in [0.25, 0.3) is 6.47 Å². The molecule has 3 aromatic rings. The summed E-state index contributed by atoms with van der Waals surface area (Å²) in [6.07, 6.45) is 17.1. The average Bonchev–Trinajstić information content (AvgIpc) is 4.24. The minimum absolute atomic E-state index is 0.0250. The first-order valence-corrected chi connectivity index (χ1v) is 26.6. The van der Waals surface area contributed by atoms with Crippen molar-refractivity contribution < 1.29 is 33.8 Å². The number of likely N-dealkylation sites (tertiary alicyclic amines) is 2. The molecule has 14 nitrogen and oxygen atoms in total. The van der Waals surface area contributed by atoms with Crippen LogP contribution in [0.15, 0.2) is 53.5 Å². The van der Waals surface area contributed by atoms with E-state index in [1.165, 1.54) is 84.7 Å². The molecule has 10 rings (SSSR count). The van der Waals surface area contributed by atoms with Gasteiger partial charge in [-0.15, -0.1) is 0 Å². The number of nitrogens with one attached hydrogen (secondary N) is 3. The van der Waals surface area contributed by atoms with E-state index in [0.717, 1.165) is 74.6 Å². The maximum atomic E-state index is 13.7. The van der Waals surface area contributed by atoms with Gasteiger partial charge >= 0.3 is 0 Å². The molecule has 2 bridgehead atoms. The van der Waals surface area contributed by atoms with Crippen LogP contribution in [0, 0.1) is 17.3 Å². The highest BCUT2D eigenvalue weighted by Gasteiger charge is 2.46. The highest BCUT2D eigenvalue weighted by atomic mass is 16.4. The van der Waals surface area contributed by atoms with Crippen molar-refractivity contribution >= 4 is 42.6 Å². The van der Waals surface area contributed by atoms with Gasteiger partial charge in [-0.3, -0.25) is 29.0 Å². The van der Waals surface area contributed by atoms with Crippen LogP contribution in [-0.2, 0) is 41.6 Å². The summed E-state index contributed by atoms with van der Waals surface area (Å²) in [6.45, 7) is 12.8. The van der Waals surface area contributed by atoms with Crippen LogP contribution in [0.25, 0.3) is 22.3 Å². The first kappa shape index (κ1) is 55.7. The van der Waals surface area contributed by atoms with Crippen molar-refractivity contribution in [3.05, 3.63) is 76.3 Å². The topological polar surface area (TPSA) is 196 Å². The molecule has 14 heteroatoms. The van der Waals surface area contributed by atoms with Crippen molar-refractivity contribution in [1.29, 1.82) is 0 Å². The Labute approximate surface area is 428 Å². The predicted molar refractivity (Wildman–Crippen MR) is 287 cm³/mol. The molecule has 0 radical (unpaired) electrons. The summed E-state index contributed by atoms with van der Waals surface area (Å²) < 4.78 is 4.25. The summed E-state index contributed by atoms with van der Waals surface area (Å²) in [6, 6.07) is 17.6. The molecule has 4 amide bonds. The summed E-state index contributed by atoms with van der Waals surface area (Å²) in [4.78, 5) is 64.3. The Morgan fingerprint density at radius 1 is 0.889 bits per heavy atom. The Morgan fingerprint density at radius 3 is 2.12 bits per heavy atom. The largest absolute Gasteiger partial charge is 0.483 e. The van der Waals surface area contributed by atoms with Crippen molar-refractivity contribution in [2.75, 3.05) is 46.2 Å². The number of fused-ring (bicyclic) bond motifs is 6. The molecule has 1 spiro atoms.